The number of aromatic nitrogens is 2. The summed E-state index contributed by atoms with van der Waals surface area (Å²) in [4.78, 5) is 17.1. The number of H-pyrrole nitrogens is 1. The number of aryl methyl sites for hydroxylation is 2. The Morgan fingerprint density at radius 1 is 1.57 bits per heavy atom. The number of piperidine rings is 1. The van der Waals surface area contributed by atoms with Crippen LogP contribution in [0.4, 0.5) is 0 Å². The van der Waals surface area contributed by atoms with Crippen molar-refractivity contribution in [1.29, 1.82) is 0 Å². The van der Waals surface area contributed by atoms with Crippen molar-refractivity contribution in [3.63, 3.8) is 0 Å². The molecular weight excluding hydrogens is 296 g/mol. The molecule has 1 fully saturated rings. The Morgan fingerprint density at radius 2 is 2.39 bits per heavy atom. The maximum atomic E-state index is 12.1. The van der Waals surface area contributed by atoms with Crippen LogP contribution in [0.2, 0.25) is 0 Å². The summed E-state index contributed by atoms with van der Waals surface area (Å²) in [5.41, 5.74) is 2.47. The van der Waals surface area contributed by atoms with E-state index >= 15 is 0 Å². The SMILES string of the molecule is Cc1noc(C)c1CN1CC[C@H](NC(=O)c2ccc[nH]2)[C@@H](O)C1. The maximum absolute atomic E-state index is 12.1. The Morgan fingerprint density at radius 3 is 3.00 bits per heavy atom. The molecule has 1 amide bonds. The first-order valence-electron chi connectivity index (χ1n) is 7.81. The molecule has 0 bridgehead atoms. The molecule has 124 valence electrons. The minimum atomic E-state index is -0.594. The highest BCUT2D eigenvalue weighted by Crippen LogP contribution is 2.19. The van der Waals surface area contributed by atoms with Gasteiger partial charge in [-0.1, -0.05) is 5.16 Å². The summed E-state index contributed by atoms with van der Waals surface area (Å²) in [5.74, 6) is 0.636. The van der Waals surface area contributed by atoms with Gasteiger partial charge in [0.15, 0.2) is 0 Å². The van der Waals surface area contributed by atoms with Crippen LogP contribution in [0.3, 0.4) is 0 Å². The number of aliphatic hydroxyl groups is 1. The molecule has 3 rings (SSSR count). The van der Waals surface area contributed by atoms with Crippen molar-refractivity contribution in [3.8, 4) is 0 Å². The lowest BCUT2D eigenvalue weighted by Crippen LogP contribution is -2.53. The summed E-state index contributed by atoms with van der Waals surface area (Å²) >= 11 is 0. The van der Waals surface area contributed by atoms with Crippen molar-refractivity contribution in [2.45, 2.75) is 39.0 Å². The Labute approximate surface area is 134 Å². The number of nitrogens with one attached hydrogen (secondary N) is 2. The zero-order valence-electron chi connectivity index (χ0n) is 13.4. The normalized spacial score (nSPS) is 22.2. The first kappa shape index (κ1) is 15.8. The van der Waals surface area contributed by atoms with E-state index in [1.807, 2.05) is 13.8 Å². The molecule has 2 aromatic rings. The van der Waals surface area contributed by atoms with Gasteiger partial charge in [-0.15, -0.1) is 0 Å². The Kier molecular flexibility index (Phi) is 4.49. The third kappa shape index (κ3) is 3.46. The minimum absolute atomic E-state index is 0.182. The maximum Gasteiger partial charge on any atom is 0.267 e. The van der Waals surface area contributed by atoms with Gasteiger partial charge >= 0.3 is 0 Å². The highest BCUT2D eigenvalue weighted by Gasteiger charge is 2.30. The van der Waals surface area contributed by atoms with Crippen LogP contribution in [-0.4, -0.2) is 51.3 Å². The van der Waals surface area contributed by atoms with Gasteiger partial charge in [0.25, 0.3) is 5.91 Å². The Balaban J connectivity index is 1.56. The number of β-amino-alcohol motifs (C(OH)–C–C–N with tert-alkyl or cyclic N) is 1. The van der Waals surface area contributed by atoms with Gasteiger partial charge in [0.2, 0.25) is 0 Å². The fourth-order valence-corrected chi connectivity index (χ4v) is 2.98. The largest absolute Gasteiger partial charge is 0.390 e. The molecule has 3 heterocycles. The first-order valence-corrected chi connectivity index (χ1v) is 7.81. The molecule has 0 saturated carbocycles. The summed E-state index contributed by atoms with van der Waals surface area (Å²) in [6.45, 7) is 5.84. The van der Waals surface area contributed by atoms with Crippen molar-refractivity contribution in [2.75, 3.05) is 13.1 Å². The smallest absolute Gasteiger partial charge is 0.267 e. The van der Waals surface area contributed by atoms with Gasteiger partial charge in [0.05, 0.1) is 17.8 Å². The average Bonchev–Trinajstić information content (AvgIpc) is 3.15. The minimum Gasteiger partial charge on any atom is -0.390 e. The molecule has 0 aromatic carbocycles. The number of aliphatic hydroxyl groups excluding tert-OH is 1. The molecule has 3 N–H and O–H groups in total. The Hall–Kier alpha value is -2.12. The van der Waals surface area contributed by atoms with Crippen molar-refractivity contribution >= 4 is 5.91 Å². The summed E-state index contributed by atoms with van der Waals surface area (Å²) in [7, 11) is 0. The molecule has 7 nitrogen and oxygen atoms in total. The molecule has 0 radical (unpaired) electrons. The number of carbonyl (C=O) groups excluding carboxylic acids is 1. The first-order chi connectivity index (χ1) is 11.0. The fourth-order valence-electron chi connectivity index (χ4n) is 2.98. The van der Waals surface area contributed by atoms with Crippen LogP contribution in [0.5, 0.6) is 0 Å². The van der Waals surface area contributed by atoms with E-state index in [2.05, 4.69) is 20.4 Å². The van der Waals surface area contributed by atoms with Crippen molar-refractivity contribution in [2.24, 2.45) is 0 Å². The number of hydrogen-bond donors (Lipinski definition) is 3. The van der Waals surface area contributed by atoms with E-state index in [4.69, 9.17) is 4.52 Å². The second kappa shape index (κ2) is 6.55. The van der Waals surface area contributed by atoms with Gasteiger partial charge in [-0.05, 0) is 32.4 Å². The highest BCUT2D eigenvalue weighted by atomic mass is 16.5. The number of carbonyl (C=O) groups is 1. The van der Waals surface area contributed by atoms with Crippen LogP contribution >= 0.6 is 0 Å². The van der Waals surface area contributed by atoms with Gasteiger partial charge in [-0.25, -0.2) is 0 Å². The Bertz CT molecular complexity index is 645. The van der Waals surface area contributed by atoms with Crippen LogP contribution in [0.25, 0.3) is 0 Å². The molecular formula is C16H22N4O3. The standard InChI is InChI=1S/C16H22N4O3/c1-10-12(11(2)23-19-10)8-20-7-5-13(15(21)9-20)18-16(22)14-4-3-6-17-14/h3-4,6,13,15,17,21H,5,7-9H2,1-2H3,(H,18,22)/t13-,15-/m0/s1. The van der Waals surface area contributed by atoms with E-state index in [1.54, 1.807) is 18.3 Å². The topological polar surface area (TPSA) is 94.4 Å². The summed E-state index contributed by atoms with van der Waals surface area (Å²) in [5, 5.41) is 17.2. The lowest BCUT2D eigenvalue weighted by molar-refractivity contribution is 0.0346. The lowest BCUT2D eigenvalue weighted by atomic mass is 10.0. The van der Waals surface area contributed by atoms with Gasteiger partial charge < -0.3 is 19.9 Å². The third-order valence-corrected chi connectivity index (χ3v) is 4.39. The number of aromatic amines is 1. The molecule has 1 aliphatic heterocycles. The van der Waals surface area contributed by atoms with Crippen LogP contribution in [0.1, 0.15) is 33.9 Å². The number of likely N-dealkylation sites (tertiary alicyclic amines) is 1. The highest BCUT2D eigenvalue weighted by molar-refractivity contribution is 5.92. The van der Waals surface area contributed by atoms with Crippen molar-refractivity contribution in [1.82, 2.24) is 20.4 Å². The molecule has 0 unspecified atom stereocenters. The zero-order chi connectivity index (χ0) is 16.4. The van der Waals surface area contributed by atoms with E-state index in [0.717, 1.165) is 23.6 Å². The van der Waals surface area contributed by atoms with E-state index in [-0.39, 0.29) is 11.9 Å². The van der Waals surface area contributed by atoms with E-state index in [9.17, 15) is 9.90 Å². The van der Waals surface area contributed by atoms with Crippen molar-refractivity contribution in [3.05, 3.63) is 41.0 Å². The van der Waals surface area contributed by atoms with E-state index in [0.29, 0.717) is 25.2 Å². The lowest BCUT2D eigenvalue weighted by Gasteiger charge is -2.36. The monoisotopic (exact) mass is 318 g/mol. The quantitative estimate of drug-likeness (QED) is 0.781. The molecule has 23 heavy (non-hydrogen) atoms. The van der Waals surface area contributed by atoms with Gasteiger partial charge in [0.1, 0.15) is 11.5 Å². The zero-order valence-corrected chi connectivity index (χ0v) is 13.4. The summed E-state index contributed by atoms with van der Waals surface area (Å²) < 4.78 is 5.18. The van der Waals surface area contributed by atoms with Gasteiger partial charge in [-0.2, -0.15) is 0 Å². The van der Waals surface area contributed by atoms with E-state index in [1.165, 1.54) is 0 Å². The molecule has 7 heteroatoms. The summed E-state index contributed by atoms with van der Waals surface area (Å²) in [6.07, 6.45) is 1.82. The van der Waals surface area contributed by atoms with Crippen LogP contribution < -0.4 is 5.32 Å². The van der Waals surface area contributed by atoms with Gasteiger partial charge in [-0.3, -0.25) is 9.69 Å². The van der Waals surface area contributed by atoms with Crippen LogP contribution in [0, 0.1) is 13.8 Å². The molecule has 2 aromatic heterocycles. The van der Waals surface area contributed by atoms with Gasteiger partial charge in [0, 0.05) is 31.4 Å². The molecule has 2 atom stereocenters. The second-order valence-corrected chi connectivity index (χ2v) is 6.06. The number of amides is 1. The van der Waals surface area contributed by atoms with Crippen LogP contribution in [-0.2, 0) is 6.54 Å². The predicted molar refractivity (Wildman–Crippen MR) is 83.9 cm³/mol. The summed E-state index contributed by atoms with van der Waals surface area (Å²) in [6, 6.07) is 3.26. The number of rotatable bonds is 4. The average molecular weight is 318 g/mol. The number of hydrogen-bond acceptors (Lipinski definition) is 5. The molecule has 0 spiro atoms. The van der Waals surface area contributed by atoms with Crippen LogP contribution in [0.15, 0.2) is 22.9 Å². The predicted octanol–water partition coefficient (Wildman–Crippen LogP) is 0.985. The fraction of sp³-hybridized carbons (Fsp3) is 0.500. The van der Waals surface area contributed by atoms with Crippen molar-refractivity contribution < 1.29 is 14.4 Å². The number of nitrogens with zero attached hydrogens (tertiary/aromatic N) is 2. The third-order valence-electron chi connectivity index (χ3n) is 4.39. The molecule has 1 saturated heterocycles. The second-order valence-electron chi connectivity index (χ2n) is 6.06. The van der Waals surface area contributed by atoms with E-state index < -0.39 is 6.10 Å². The molecule has 0 aliphatic carbocycles. The molecule has 1 aliphatic rings.